The lowest BCUT2D eigenvalue weighted by Crippen LogP contribution is -2.28. The summed E-state index contributed by atoms with van der Waals surface area (Å²) in [5, 5.41) is 10.7. The summed E-state index contributed by atoms with van der Waals surface area (Å²) in [5.41, 5.74) is 5.68. The van der Waals surface area contributed by atoms with Crippen molar-refractivity contribution in [1.29, 1.82) is 0 Å². The van der Waals surface area contributed by atoms with Crippen LogP contribution in [-0.2, 0) is 0 Å². The van der Waals surface area contributed by atoms with Gasteiger partial charge in [-0.1, -0.05) is 0 Å². The molecule has 0 spiro atoms. The van der Waals surface area contributed by atoms with Crippen LogP contribution in [0.15, 0.2) is 16.7 Å². The van der Waals surface area contributed by atoms with Crippen LogP contribution in [0.25, 0.3) is 0 Å². The van der Waals surface area contributed by atoms with Gasteiger partial charge in [0, 0.05) is 18.7 Å². The second-order valence-corrected chi connectivity index (χ2v) is 5.45. The van der Waals surface area contributed by atoms with Crippen LogP contribution in [0, 0.1) is 16.0 Å². The van der Waals surface area contributed by atoms with Crippen LogP contribution in [0.1, 0.15) is 13.3 Å². The molecule has 2 atom stereocenters. The van der Waals surface area contributed by atoms with Gasteiger partial charge < -0.3 is 10.6 Å². The van der Waals surface area contributed by atoms with Crippen molar-refractivity contribution in [2.45, 2.75) is 19.4 Å². The van der Waals surface area contributed by atoms with Gasteiger partial charge in [-0.25, -0.2) is 4.98 Å². The summed E-state index contributed by atoms with van der Waals surface area (Å²) >= 11 is 3.35. The van der Waals surface area contributed by atoms with E-state index in [0.29, 0.717) is 23.0 Å². The summed E-state index contributed by atoms with van der Waals surface area (Å²) in [7, 11) is 0. The summed E-state index contributed by atoms with van der Waals surface area (Å²) in [6, 6.07) is 1.84. The number of aromatic nitrogens is 1. The fourth-order valence-electron chi connectivity index (χ4n) is 2.34. The molecule has 0 amide bonds. The van der Waals surface area contributed by atoms with Gasteiger partial charge in [-0.3, -0.25) is 10.1 Å². The first-order valence-electron chi connectivity index (χ1n) is 5.79. The van der Waals surface area contributed by atoms with Gasteiger partial charge in [0.1, 0.15) is 12.0 Å². The molecule has 1 aliphatic heterocycles. The topological polar surface area (TPSA) is 85.3 Å². The largest absolute Gasteiger partial charge is 0.353 e. The number of pyridine rings is 1. The van der Waals surface area contributed by atoms with Crippen molar-refractivity contribution in [3.05, 3.63) is 26.9 Å². The van der Waals surface area contributed by atoms with E-state index in [1.165, 1.54) is 12.3 Å². The van der Waals surface area contributed by atoms with Crippen molar-refractivity contribution in [3.8, 4) is 0 Å². The summed E-state index contributed by atoms with van der Waals surface area (Å²) in [6.45, 7) is 3.62. The monoisotopic (exact) mass is 314 g/mol. The average molecular weight is 315 g/mol. The number of nitro groups is 1. The molecule has 98 valence electrons. The molecule has 1 aromatic heterocycles. The molecule has 0 bridgehead atoms. The Morgan fingerprint density at radius 1 is 1.72 bits per heavy atom. The van der Waals surface area contributed by atoms with Gasteiger partial charge in [-0.05, 0) is 41.7 Å². The second-order valence-electron chi connectivity index (χ2n) is 4.59. The van der Waals surface area contributed by atoms with Gasteiger partial charge in [0.2, 0.25) is 0 Å². The predicted molar refractivity (Wildman–Crippen MR) is 72.6 cm³/mol. The van der Waals surface area contributed by atoms with E-state index >= 15 is 0 Å². The van der Waals surface area contributed by atoms with E-state index in [1.807, 2.05) is 0 Å². The lowest BCUT2D eigenvalue weighted by atomic mass is 10.1. The van der Waals surface area contributed by atoms with Crippen molar-refractivity contribution in [3.63, 3.8) is 0 Å². The molecule has 6 nitrogen and oxygen atoms in total. The van der Waals surface area contributed by atoms with Crippen molar-refractivity contribution in [1.82, 2.24) is 4.98 Å². The minimum Gasteiger partial charge on any atom is -0.353 e. The maximum atomic E-state index is 10.7. The van der Waals surface area contributed by atoms with Crippen LogP contribution in [0.2, 0.25) is 0 Å². The van der Waals surface area contributed by atoms with Crippen LogP contribution in [0.3, 0.4) is 0 Å². The van der Waals surface area contributed by atoms with E-state index < -0.39 is 4.92 Å². The second kappa shape index (κ2) is 5.19. The average Bonchev–Trinajstić information content (AvgIpc) is 2.70. The Labute approximate surface area is 113 Å². The number of nitrogens with two attached hydrogens (primary N) is 1. The first-order valence-corrected chi connectivity index (χ1v) is 6.59. The van der Waals surface area contributed by atoms with E-state index in [-0.39, 0.29) is 5.69 Å². The fourth-order valence-corrected chi connectivity index (χ4v) is 2.90. The number of hydrogen-bond acceptors (Lipinski definition) is 5. The molecule has 0 aromatic carbocycles. The Balaban J connectivity index is 2.26. The zero-order valence-electron chi connectivity index (χ0n) is 10.0. The highest BCUT2D eigenvalue weighted by molar-refractivity contribution is 9.10. The molecule has 1 fully saturated rings. The van der Waals surface area contributed by atoms with Gasteiger partial charge in [-0.2, -0.15) is 0 Å². The Hall–Kier alpha value is -1.21. The lowest BCUT2D eigenvalue weighted by molar-refractivity contribution is -0.385. The number of halogens is 1. The normalized spacial score (nSPS) is 23.4. The highest BCUT2D eigenvalue weighted by Gasteiger charge is 2.30. The molecule has 1 aromatic rings. The quantitative estimate of drug-likeness (QED) is 0.680. The third-order valence-electron chi connectivity index (χ3n) is 3.28. The Kier molecular flexibility index (Phi) is 3.82. The smallest absolute Gasteiger partial charge is 0.288 e. The molecule has 1 saturated heterocycles. The molecule has 2 heterocycles. The Morgan fingerprint density at radius 2 is 2.44 bits per heavy atom. The summed E-state index contributed by atoms with van der Waals surface area (Å²) in [5.74, 6) is 1.22. The summed E-state index contributed by atoms with van der Waals surface area (Å²) in [6.07, 6.45) is 2.32. The van der Waals surface area contributed by atoms with Crippen molar-refractivity contribution < 1.29 is 4.92 Å². The Bertz CT molecular complexity index is 468. The molecule has 7 heteroatoms. The molecule has 2 N–H and O–H groups in total. The predicted octanol–water partition coefficient (Wildman–Crippen LogP) is 1.93. The van der Waals surface area contributed by atoms with Gasteiger partial charge in [0.25, 0.3) is 5.69 Å². The molecular weight excluding hydrogens is 300 g/mol. The van der Waals surface area contributed by atoms with Crippen molar-refractivity contribution in [2.24, 2.45) is 11.7 Å². The zero-order valence-corrected chi connectivity index (χ0v) is 11.6. The highest BCUT2D eigenvalue weighted by Crippen LogP contribution is 2.33. The van der Waals surface area contributed by atoms with E-state index in [1.54, 1.807) is 0 Å². The summed E-state index contributed by atoms with van der Waals surface area (Å²) in [4.78, 5) is 16.6. The van der Waals surface area contributed by atoms with Gasteiger partial charge in [-0.15, -0.1) is 0 Å². The van der Waals surface area contributed by atoms with Gasteiger partial charge in [0.15, 0.2) is 0 Å². The SMILES string of the molecule is CC1CC(CN)CN1c1ncc([N+](=O)[O-])cc1Br. The third-order valence-corrected chi connectivity index (χ3v) is 3.87. The Morgan fingerprint density at radius 3 is 2.94 bits per heavy atom. The molecule has 1 aliphatic rings. The van der Waals surface area contributed by atoms with Gasteiger partial charge in [0.05, 0.1) is 9.40 Å². The van der Waals surface area contributed by atoms with E-state index in [0.717, 1.165) is 18.8 Å². The van der Waals surface area contributed by atoms with Crippen LogP contribution in [0.4, 0.5) is 11.5 Å². The van der Waals surface area contributed by atoms with Crippen LogP contribution in [-0.4, -0.2) is 29.0 Å². The standard InChI is InChI=1S/C11H15BrN4O2/c1-7-2-8(4-13)6-15(7)11-10(12)3-9(5-14-11)16(17)18/h3,5,7-8H,2,4,6,13H2,1H3. The first-order chi connectivity index (χ1) is 8.52. The van der Waals surface area contributed by atoms with E-state index in [2.05, 4.69) is 32.7 Å². The molecule has 2 rings (SSSR count). The molecule has 0 radical (unpaired) electrons. The third kappa shape index (κ3) is 2.46. The number of rotatable bonds is 3. The maximum Gasteiger partial charge on any atom is 0.288 e. The highest BCUT2D eigenvalue weighted by atomic mass is 79.9. The minimum atomic E-state index is -0.447. The summed E-state index contributed by atoms with van der Waals surface area (Å²) < 4.78 is 0.654. The molecule has 18 heavy (non-hydrogen) atoms. The first kappa shape index (κ1) is 13.2. The minimum absolute atomic E-state index is 0.00662. The fraction of sp³-hybridized carbons (Fsp3) is 0.545. The van der Waals surface area contributed by atoms with Crippen LogP contribution < -0.4 is 10.6 Å². The molecular formula is C11H15BrN4O2. The number of hydrogen-bond donors (Lipinski definition) is 1. The van der Waals surface area contributed by atoms with Crippen molar-refractivity contribution in [2.75, 3.05) is 18.0 Å². The van der Waals surface area contributed by atoms with Gasteiger partial charge >= 0.3 is 0 Å². The molecule has 2 unspecified atom stereocenters. The number of anilines is 1. The number of nitrogens with zero attached hydrogens (tertiary/aromatic N) is 3. The molecule has 0 saturated carbocycles. The lowest BCUT2D eigenvalue weighted by Gasteiger charge is -2.23. The van der Waals surface area contributed by atoms with Crippen molar-refractivity contribution >= 4 is 27.4 Å². The molecule has 0 aliphatic carbocycles. The van der Waals surface area contributed by atoms with E-state index in [9.17, 15) is 10.1 Å². The van der Waals surface area contributed by atoms with Crippen LogP contribution in [0.5, 0.6) is 0 Å². The van der Waals surface area contributed by atoms with Crippen LogP contribution >= 0.6 is 15.9 Å². The van der Waals surface area contributed by atoms with E-state index in [4.69, 9.17) is 5.73 Å². The maximum absolute atomic E-state index is 10.7. The zero-order chi connectivity index (χ0) is 13.3.